The highest BCUT2D eigenvalue weighted by Crippen LogP contribution is 2.35. The normalized spacial score (nSPS) is 17.9. The molecule has 0 saturated heterocycles. The van der Waals surface area contributed by atoms with Crippen LogP contribution in [0.1, 0.15) is 27.7 Å². The molecule has 1 aliphatic heterocycles. The lowest BCUT2D eigenvalue weighted by Gasteiger charge is -2.35. The molecule has 7 heteroatoms. The van der Waals surface area contributed by atoms with Crippen LogP contribution >= 0.6 is 0 Å². The quantitative estimate of drug-likeness (QED) is 0.806. The summed E-state index contributed by atoms with van der Waals surface area (Å²) in [5, 5.41) is 5.31. The maximum Gasteiger partial charge on any atom is 0.359 e. The number of carbonyl (C=O) groups is 1. The molecule has 0 fully saturated rings. The molecule has 21 heavy (non-hydrogen) atoms. The highest BCUT2D eigenvalue weighted by molar-refractivity contribution is 7.90. The number of benzene rings is 1. The topological polar surface area (TPSA) is 70.1 Å². The van der Waals surface area contributed by atoms with Crippen molar-refractivity contribution in [3.8, 4) is 0 Å². The first kappa shape index (κ1) is 15.5. The SMILES string of the molecule is CC(C)/C=N/N1C(=O)N(C(C)C)S(=O)(=O)c2ccccc21. The smallest absolute Gasteiger partial charge is 0.245 e. The van der Waals surface area contributed by atoms with Crippen LogP contribution in [0, 0.1) is 5.92 Å². The highest BCUT2D eigenvalue weighted by Gasteiger charge is 2.42. The standard InChI is InChI=1S/C14H19N3O3S/c1-10(2)9-15-16-12-7-5-6-8-13(12)21(19,20)17(11(3)4)14(16)18/h5-11H,1-4H3/b15-9+. The van der Waals surface area contributed by atoms with Crippen LogP contribution in [0.3, 0.4) is 0 Å². The van der Waals surface area contributed by atoms with E-state index in [0.717, 1.165) is 9.31 Å². The Balaban J connectivity index is 2.65. The van der Waals surface area contributed by atoms with Crippen molar-refractivity contribution in [2.24, 2.45) is 11.0 Å². The second-order valence-electron chi connectivity index (χ2n) is 5.47. The number of hydrogen-bond donors (Lipinski definition) is 0. The molecule has 0 spiro atoms. The lowest BCUT2D eigenvalue weighted by molar-refractivity contribution is 0.221. The van der Waals surface area contributed by atoms with Gasteiger partial charge in [0.1, 0.15) is 4.90 Å². The second-order valence-corrected chi connectivity index (χ2v) is 7.25. The van der Waals surface area contributed by atoms with Gasteiger partial charge in [-0.3, -0.25) is 0 Å². The summed E-state index contributed by atoms with van der Waals surface area (Å²) in [6.07, 6.45) is 1.62. The number of amides is 2. The van der Waals surface area contributed by atoms with Crippen LogP contribution in [0.25, 0.3) is 0 Å². The van der Waals surface area contributed by atoms with E-state index in [0.29, 0.717) is 0 Å². The maximum absolute atomic E-state index is 12.6. The molecular formula is C14H19N3O3S. The Kier molecular flexibility index (Phi) is 4.04. The van der Waals surface area contributed by atoms with Gasteiger partial charge < -0.3 is 0 Å². The summed E-state index contributed by atoms with van der Waals surface area (Å²) in [6, 6.07) is 5.26. The molecule has 1 heterocycles. The largest absolute Gasteiger partial charge is 0.359 e. The molecule has 0 atom stereocenters. The molecule has 1 aromatic rings. The van der Waals surface area contributed by atoms with Gasteiger partial charge >= 0.3 is 6.03 Å². The van der Waals surface area contributed by atoms with Crippen molar-refractivity contribution in [2.75, 3.05) is 5.01 Å². The predicted octanol–water partition coefficient (Wildman–Crippen LogP) is 2.67. The third-order valence-corrected chi connectivity index (χ3v) is 4.95. The van der Waals surface area contributed by atoms with Gasteiger partial charge in [-0.1, -0.05) is 26.0 Å². The molecular weight excluding hydrogens is 290 g/mol. The van der Waals surface area contributed by atoms with Crippen molar-refractivity contribution >= 4 is 28.0 Å². The first-order valence-corrected chi connectivity index (χ1v) is 8.22. The zero-order valence-corrected chi connectivity index (χ0v) is 13.3. The van der Waals surface area contributed by atoms with E-state index in [4.69, 9.17) is 0 Å². The van der Waals surface area contributed by atoms with Crippen molar-refractivity contribution < 1.29 is 13.2 Å². The molecule has 0 radical (unpaired) electrons. The van der Waals surface area contributed by atoms with E-state index < -0.39 is 22.1 Å². The van der Waals surface area contributed by atoms with E-state index >= 15 is 0 Å². The van der Waals surface area contributed by atoms with E-state index in [2.05, 4.69) is 5.10 Å². The van der Waals surface area contributed by atoms with E-state index in [1.807, 2.05) is 13.8 Å². The zero-order valence-electron chi connectivity index (χ0n) is 12.5. The Labute approximate surface area is 125 Å². The Morgan fingerprint density at radius 2 is 1.76 bits per heavy atom. The first-order valence-electron chi connectivity index (χ1n) is 6.78. The summed E-state index contributed by atoms with van der Waals surface area (Å²) in [5.41, 5.74) is 0.288. The maximum atomic E-state index is 12.6. The van der Waals surface area contributed by atoms with Crippen LogP contribution in [0.5, 0.6) is 0 Å². The monoisotopic (exact) mass is 309 g/mol. The molecule has 6 nitrogen and oxygen atoms in total. The number of sulfonamides is 1. The summed E-state index contributed by atoms with van der Waals surface area (Å²) in [5.74, 6) is 0.149. The van der Waals surface area contributed by atoms with Crippen molar-refractivity contribution in [2.45, 2.75) is 38.6 Å². The van der Waals surface area contributed by atoms with Crippen LogP contribution in [0.2, 0.25) is 0 Å². The van der Waals surface area contributed by atoms with Crippen LogP contribution in [0.15, 0.2) is 34.3 Å². The number of nitrogens with zero attached hydrogens (tertiary/aromatic N) is 3. The third kappa shape index (κ3) is 2.65. The van der Waals surface area contributed by atoms with Gasteiger partial charge in [0.2, 0.25) is 0 Å². The highest BCUT2D eigenvalue weighted by atomic mass is 32.2. The Morgan fingerprint density at radius 1 is 1.14 bits per heavy atom. The van der Waals surface area contributed by atoms with Crippen molar-refractivity contribution in [3.63, 3.8) is 0 Å². The van der Waals surface area contributed by atoms with Crippen molar-refractivity contribution in [1.29, 1.82) is 0 Å². The number of hydrogen-bond acceptors (Lipinski definition) is 4. The predicted molar refractivity (Wildman–Crippen MR) is 81.8 cm³/mol. The Bertz CT molecular complexity index is 680. The molecule has 2 rings (SSSR count). The first-order chi connectivity index (χ1) is 9.76. The molecule has 1 aliphatic rings. The molecule has 0 aromatic heterocycles. The molecule has 114 valence electrons. The molecule has 0 bridgehead atoms. The number of rotatable bonds is 3. The Hall–Kier alpha value is -1.89. The van der Waals surface area contributed by atoms with Gasteiger partial charge in [0.25, 0.3) is 10.0 Å². The average Bonchev–Trinajstić information content (AvgIpc) is 2.37. The van der Waals surface area contributed by atoms with Crippen LogP contribution in [-0.4, -0.2) is 31.0 Å². The molecule has 1 aromatic carbocycles. The van der Waals surface area contributed by atoms with Crippen molar-refractivity contribution in [1.82, 2.24) is 4.31 Å². The fourth-order valence-corrected chi connectivity index (χ4v) is 3.78. The third-order valence-electron chi connectivity index (χ3n) is 2.95. The van der Waals surface area contributed by atoms with Gasteiger partial charge in [0.05, 0.1) is 5.69 Å². The van der Waals surface area contributed by atoms with E-state index in [1.54, 1.807) is 38.3 Å². The summed E-state index contributed by atoms with van der Waals surface area (Å²) < 4.78 is 26.0. The fraction of sp³-hybridized carbons (Fsp3) is 0.429. The number of carbonyl (C=O) groups excluding carboxylic acids is 1. The molecule has 0 aliphatic carbocycles. The minimum Gasteiger partial charge on any atom is -0.245 e. The molecule has 0 unspecified atom stereocenters. The summed E-state index contributed by atoms with van der Waals surface area (Å²) in [6.45, 7) is 7.18. The summed E-state index contributed by atoms with van der Waals surface area (Å²) in [7, 11) is -3.83. The minimum atomic E-state index is -3.83. The van der Waals surface area contributed by atoms with Gasteiger partial charge in [0.15, 0.2) is 0 Å². The number of urea groups is 1. The van der Waals surface area contributed by atoms with E-state index in [-0.39, 0.29) is 16.5 Å². The lowest BCUT2D eigenvalue weighted by atomic mass is 10.2. The van der Waals surface area contributed by atoms with Crippen LogP contribution in [-0.2, 0) is 10.0 Å². The summed E-state index contributed by atoms with van der Waals surface area (Å²) in [4.78, 5) is 12.6. The van der Waals surface area contributed by atoms with E-state index in [9.17, 15) is 13.2 Å². The van der Waals surface area contributed by atoms with Gasteiger partial charge in [0, 0.05) is 12.3 Å². The number of hydrazone groups is 1. The van der Waals surface area contributed by atoms with Crippen molar-refractivity contribution in [3.05, 3.63) is 24.3 Å². The minimum absolute atomic E-state index is 0.0965. The average molecular weight is 309 g/mol. The molecule has 2 amide bonds. The van der Waals surface area contributed by atoms with E-state index in [1.165, 1.54) is 6.07 Å². The second kappa shape index (κ2) is 5.48. The fourth-order valence-electron chi connectivity index (χ4n) is 2.07. The van der Waals surface area contributed by atoms with Gasteiger partial charge in [-0.25, -0.2) is 17.5 Å². The van der Waals surface area contributed by atoms with Gasteiger partial charge in [-0.15, -0.1) is 0 Å². The molecule has 0 N–H and O–H groups in total. The van der Waals surface area contributed by atoms with Crippen LogP contribution in [0.4, 0.5) is 10.5 Å². The number of fused-ring (bicyclic) bond motifs is 1. The lowest BCUT2D eigenvalue weighted by Crippen LogP contribution is -2.51. The zero-order chi connectivity index (χ0) is 15.8. The molecule has 0 saturated carbocycles. The van der Waals surface area contributed by atoms with Crippen LogP contribution < -0.4 is 5.01 Å². The Morgan fingerprint density at radius 3 is 2.33 bits per heavy atom. The number of para-hydroxylation sites is 1. The summed E-state index contributed by atoms with van der Waals surface area (Å²) >= 11 is 0. The number of anilines is 1. The van der Waals surface area contributed by atoms with Gasteiger partial charge in [-0.05, 0) is 31.9 Å². The van der Waals surface area contributed by atoms with Gasteiger partial charge in [-0.2, -0.15) is 10.1 Å².